The van der Waals surface area contributed by atoms with Crippen LogP contribution in [0.3, 0.4) is 0 Å². The van der Waals surface area contributed by atoms with Crippen molar-refractivity contribution in [1.29, 1.82) is 0 Å². The molecule has 1 aromatic rings. The minimum atomic E-state index is 0.293. The van der Waals surface area contributed by atoms with Gasteiger partial charge in [0, 0.05) is 32.3 Å². The van der Waals surface area contributed by atoms with Crippen LogP contribution in [0.4, 0.5) is 5.82 Å². The molecule has 1 fully saturated rings. The predicted molar refractivity (Wildman–Crippen MR) is 62.2 cm³/mol. The number of aromatic nitrogens is 2. The first kappa shape index (κ1) is 11.3. The molecule has 1 unspecified atom stereocenters. The van der Waals surface area contributed by atoms with Crippen molar-refractivity contribution in [2.75, 3.05) is 25.1 Å². The Morgan fingerprint density at radius 1 is 1.62 bits per heavy atom. The number of ether oxygens (including phenoxy) is 1. The lowest BCUT2D eigenvalue weighted by Crippen LogP contribution is -2.40. The maximum atomic E-state index is 5.70. The van der Waals surface area contributed by atoms with Gasteiger partial charge in [0.25, 0.3) is 0 Å². The fraction of sp³-hybridized carbons (Fsp3) is 0.636. The summed E-state index contributed by atoms with van der Waals surface area (Å²) in [6.07, 6.45) is 4.22. The molecule has 1 aliphatic heterocycles. The average molecular weight is 222 g/mol. The maximum Gasteiger partial charge on any atom is 0.155 e. The summed E-state index contributed by atoms with van der Waals surface area (Å²) in [6, 6.07) is 1.93. The van der Waals surface area contributed by atoms with Crippen molar-refractivity contribution in [2.24, 2.45) is 5.73 Å². The van der Waals surface area contributed by atoms with E-state index in [4.69, 9.17) is 10.5 Å². The van der Waals surface area contributed by atoms with Crippen LogP contribution in [0.2, 0.25) is 0 Å². The normalized spacial score (nSPS) is 21.1. The van der Waals surface area contributed by atoms with Crippen LogP contribution in [0.1, 0.15) is 18.4 Å². The molecule has 2 N–H and O–H groups in total. The molecular formula is C11H18N4O. The zero-order valence-electron chi connectivity index (χ0n) is 9.59. The lowest BCUT2D eigenvalue weighted by atomic mass is 10.1. The molecule has 0 amide bonds. The van der Waals surface area contributed by atoms with Crippen molar-refractivity contribution in [1.82, 2.24) is 10.2 Å². The van der Waals surface area contributed by atoms with Gasteiger partial charge in [-0.25, -0.2) is 0 Å². The molecule has 1 atom stereocenters. The smallest absolute Gasteiger partial charge is 0.155 e. The third kappa shape index (κ3) is 2.31. The quantitative estimate of drug-likeness (QED) is 0.809. The SMILES string of the molecule is COC1CCCN(c2nnccc2CN)C1. The van der Waals surface area contributed by atoms with Gasteiger partial charge < -0.3 is 15.4 Å². The first-order valence-corrected chi connectivity index (χ1v) is 5.63. The van der Waals surface area contributed by atoms with E-state index in [1.807, 2.05) is 6.07 Å². The topological polar surface area (TPSA) is 64.3 Å². The molecule has 0 bridgehead atoms. The zero-order valence-corrected chi connectivity index (χ0v) is 9.59. The fourth-order valence-electron chi connectivity index (χ4n) is 2.10. The summed E-state index contributed by atoms with van der Waals surface area (Å²) in [4.78, 5) is 2.22. The molecule has 1 aliphatic rings. The van der Waals surface area contributed by atoms with Crippen LogP contribution in [0, 0.1) is 0 Å². The van der Waals surface area contributed by atoms with E-state index in [0.717, 1.165) is 37.3 Å². The average Bonchev–Trinajstić information content (AvgIpc) is 2.38. The standard InChI is InChI=1S/C11H18N4O/c1-16-10-3-2-6-15(8-10)11-9(7-12)4-5-13-14-11/h4-5,10H,2-3,6-8,12H2,1H3. The molecule has 0 spiro atoms. The van der Waals surface area contributed by atoms with E-state index in [-0.39, 0.29) is 0 Å². The summed E-state index contributed by atoms with van der Waals surface area (Å²) in [7, 11) is 1.76. The van der Waals surface area contributed by atoms with E-state index in [1.54, 1.807) is 13.3 Å². The summed E-state index contributed by atoms with van der Waals surface area (Å²) in [6.45, 7) is 2.38. The van der Waals surface area contributed by atoms with Crippen molar-refractivity contribution < 1.29 is 4.74 Å². The Hall–Kier alpha value is -1.20. The zero-order chi connectivity index (χ0) is 11.4. The number of piperidine rings is 1. The van der Waals surface area contributed by atoms with Gasteiger partial charge in [0.05, 0.1) is 12.3 Å². The predicted octanol–water partition coefficient (Wildman–Crippen LogP) is 0.551. The van der Waals surface area contributed by atoms with Gasteiger partial charge in [0.1, 0.15) is 0 Å². The van der Waals surface area contributed by atoms with Gasteiger partial charge in [-0.15, -0.1) is 5.10 Å². The van der Waals surface area contributed by atoms with Crippen molar-refractivity contribution >= 4 is 5.82 Å². The van der Waals surface area contributed by atoms with Gasteiger partial charge in [-0.3, -0.25) is 0 Å². The lowest BCUT2D eigenvalue weighted by molar-refractivity contribution is 0.0890. The number of hydrogen-bond donors (Lipinski definition) is 1. The van der Waals surface area contributed by atoms with E-state index in [1.165, 1.54) is 0 Å². The molecule has 88 valence electrons. The van der Waals surface area contributed by atoms with Crippen LogP contribution in [0.15, 0.2) is 12.3 Å². The van der Waals surface area contributed by atoms with Gasteiger partial charge in [-0.05, 0) is 18.9 Å². The van der Waals surface area contributed by atoms with Crippen LogP contribution in [0.5, 0.6) is 0 Å². The molecule has 5 nitrogen and oxygen atoms in total. The summed E-state index contributed by atoms with van der Waals surface area (Å²) >= 11 is 0. The van der Waals surface area contributed by atoms with Crippen molar-refractivity contribution in [2.45, 2.75) is 25.5 Å². The van der Waals surface area contributed by atoms with Crippen molar-refractivity contribution in [3.05, 3.63) is 17.8 Å². The van der Waals surface area contributed by atoms with E-state index in [2.05, 4.69) is 15.1 Å². The Kier molecular flexibility index (Phi) is 3.69. The lowest BCUT2D eigenvalue weighted by Gasteiger charge is -2.33. The van der Waals surface area contributed by atoms with Gasteiger partial charge in [0.2, 0.25) is 0 Å². The number of methoxy groups -OCH3 is 1. The summed E-state index contributed by atoms with van der Waals surface area (Å²) in [5.41, 5.74) is 6.75. The molecule has 0 aliphatic carbocycles. The molecular weight excluding hydrogens is 204 g/mol. The number of nitrogens with zero attached hydrogens (tertiary/aromatic N) is 3. The fourth-order valence-corrected chi connectivity index (χ4v) is 2.10. The minimum absolute atomic E-state index is 0.293. The molecule has 16 heavy (non-hydrogen) atoms. The number of nitrogens with two attached hydrogens (primary N) is 1. The highest BCUT2D eigenvalue weighted by Gasteiger charge is 2.22. The second-order valence-corrected chi connectivity index (χ2v) is 4.03. The van der Waals surface area contributed by atoms with Gasteiger partial charge in [-0.1, -0.05) is 0 Å². The van der Waals surface area contributed by atoms with Crippen LogP contribution in [-0.4, -0.2) is 36.5 Å². The van der Waals surface area contributed by atoms with Crippen LogP contribution < -0.4 is 10.6 Å². The molecule has 0 radical (unpaired) electrons. The molecule has 2 heterocycles. The van der Waals surface area contributed by atoms with Gasteiger partial charge in [0.15, 0.2) is 5.82 Å². The Morgan fingerprint density at radius 3 is 3.25 bits per heavy atom. The highest BCUT2D eigenvalue weighted by Crippen LogP contribution is 2.21. The third-order valence-electron chi connectivity index (χ3n) is 3.01. The number of hydrogen-bond acceptors (Lipinski definition) is 5. The van der Waals surface area contributed by atoms with Crippen LogP contribution in [-0.2, 0) is 11.3 Å². The molecule has 1 aromatic heterocycles. The Bertz CT molecular complexity index is 345. The Morgan fingerprint density at radius 2 is 2.50 bits per heavy atom. The largest absolute Gasteiger partial charge is 0.380 e. The number of rotatable bonds is 3. The van der Waals surface area contributed by atoms with E-state index in [9.17, 15) is 0 Å². The number of anilines is 1. The second-order valence-electron chi connectivity index (χ2n) is 4.03. The van der Waals surface area contributed by atoms with E-state index in [0.29, 0.717) is 12.6 Å². The first-order valence-electron chi connectivity index (χ1n) is 5.63. The van der Waals surface area contributed by atoms with E-state index < -0.39 is 0 Å². The van der Waals surface area contributed by atoms with Gasteiger partial charge >= 0.3 is 0 Å². The van der Waals surface area contributed by atoms with Gasteiger partial charge in [-0.2, -0.15) is 5.10 Å². The molecule has 0 saturated carbocycles. The van der Waals surface area contributed by atoms with Crippen LogP contribution >= 0.6 is 0 Å². The molecule has 1 saturated heterocycles. The monoisotopic (exact) mass is 222 g/mol. The first-order chi connectivity index (χ1) is 7.85. The highest BCUT2D eigenvalue weighted by molar-refractivity contribution is 5.45. The highest BCUT2D eigenvalue weighted by atomic mass is 16.5. The van der Waals surface area contributed by atoms with Crippen molar-refractivity contribution in [3.63, 3.8) is 0 Å². The third-order valence-corrected chi connectivity index (χ3v) is 3.01. The molecule has 2 rings (SSSR count). The molecule has 0 aromatic carbocycles. The summed E-state index contributed by atoms with van der Waals surface area (Å²) in [5.74, 6) is 0.909. The Balaban J connectivity index is 2.16. The van der Waals surface area contributed by atoms with E-state index >= 15 is 0 Å². The summed E-state index contributed by atoms with van der Waals surface area (Å²) < 4.78 is 5.40. The Labute approximate surface area is 95.6 Å². The summed E-state index contributed by atoms with van der Waals surface area (Å²) in [5, 5.41) is 8.11. The molecule has 5 heteroatoms. The van der Waals surface area contributed by atoms with Crippen molar-refractivity contribution in [3.8, 4) is 0 Å². The minimum Gasteiger partial charge on any atom is -0.380 e. The van der Waals surface area contributed by atoms with Crippen LogP contribution in [0.25, 0.3) is 0 Å². The second kappa shape index (κ2) is 5.23. The maximum absolute atomic E-state index is 5.70.